The average molecular weight is 189 g/mol. The molecule has 0 saturated carbocycles. The topological polar surface area (TPSA) is 12.5 Å². The van der Waals surface area contributed by atoms with Crippen molar-refractivity contribution in [2.75, 3.05) is 0 Å². The standard InChI is InChI=1S/C8H6Cl2O/c9-6-3-1-2-5(4-6)7-8(10)11-7/h1-4,7-8H. The highest BCUT2D eigenvalue weighted by Gasteiger charge is 2.38. The van der Waals surface area contributed by atoms with Crippen LogP contribution in [-0.4, -0.2) is 5.56 Å². The zero-order valence-electron chi connectivity index (χ0n) is 5.63. The van der Waals surface area contributed by atoms with Crippen LogP contribution in [0.4, 0.5) is 0 Å². The molecule has 1 aliphatic heterocycles. The van der Waals surface area contributed by atoms with Crippen LogP contribution < -0.4 is 0 Å². The van der Waals surface area contributed by atoms with Gasteiger partial charge in [-0.3, -0.25) is 0 Å². The van der Waals surface area contributed by atoms with Crippen LogP contribution >= 0.6 is 23.2 Å². The van der Waals surface area contributed by atoms with Crippen LogP contribution in [0.2, 0.25) is 5.02 Å². The van der Waals surface area contributed by atoms with E-state index in [0.717, 1.165) is 10.6 Å². The first kappa shape index (κ1) is 7.41. The summed E-state index contributed by atoms with van der Waals surface area (Å²) in [7, 11) is 0. The summed E-state index contributed by atoms with van der Waals surface area (Å²) in [6, 6.07) is 7.55. The summed E-state index contributed by atoms with van der Waals surface area (Å²) in [6.45, 7) is 0. The summed E-state index contributed by atoms with van der Waals surface area (Å²) in [5.41, 5.74) is 0.894. The first-order valence-corrected chi connectivity index (χ1v) is 4.14. The van der Waals surface area contributed by atoms with Crippen molar-refractivity contribution in [3.63, 3.8) is 0 Å². The SMILES string of the molecule is Clc1cccc(C2OC2Cl)c1. The van der Waals surface area contributed by atoms with E-state index in [1.54, 1.807) is 0 Å². The van der Waals surface area contributed by atoms with Crippen molar-refractivity contribution >= 4 is 23.2 Å². The first-order chi connectivity index (χ1) is 5.27. The van der Waals surface area contributed by atoms with E-state index in [4.69, 9.17) is 27.9 Å². The van der Waals surface area contributed by atoms with Gasteiger partial charge in [0.1, 0.15) is 6.10 Å². The fourth-order valence-corrected chi connectivity index (χ4v) is 1.46. The Kier molecular flexibility index (Phi) is 1.80. The molecule has 1 aliphatic rings. The van der Waals surface area contributed by atoms with Crippen LogP contribution in [0.1, 0.15) is 11.7 Å². The van der Waals surface area contributed by atoms with Gasteiger partial charge in [0, 0.05) is 5.02 Å². The molecule has 1 aromatic rings. The summed E-state index contributed by atoms with van der Waals surface area (Å²) in [4.78, 5) is 0. The van der Waals surface area contributed by atoms with Crippen LogP contribution in [0.15, 0.2) is 24.3 Å². The zero-order chi connectivity index (χ0) is 7.84. The van der Waals surface area contributed by atoms with E-state index >= 15 is 0 Å². The minimum absolute atomic E-state index is 0.0513. The lowest BCUT2D eigenvalue weighted by molar-refractivity contribution is 0.404. The van der Waals surface area contributed by atoms with Crippen molar-refractivity contribution in [2.24, 2.45) is 0 Å². The maximum absolute atomic E-state index is 5.77. The number of rotatable bonds is 1. The lowest BCUT2D eigenvalue weighted by Gasteiger charge is -1.94. The van der Waals surface area contributed by atoms with E-state index in [2.05, 4.69) is 0 Å². The quantitative estimate of drug-likeness (QED) is 0.488. The van der Waals surface area contributed by atoms with E-state index in [1.807, 2.05) is 24.3 Å². The number of benzene rings is 1. The van der Waals surface area contributed by atoms with Crippen molar-refractivity contribution in [3.8, 4) is 0 Å². The molecule has 0 N–H and O–H groups in total. The highest BCUT2D eigenvalue weighted by Crippen LogP contribution is 2.41. The third kappa shape index (κ3) is 1.51. The third-order valence-corrected chi connectivity index (χ3v) is 2.18. The van der Waals surface area contributed by atoms with Crippen molar-refractivity contribution in [1.82, 2.24) is 0 Å². The van der Waals surface area contributed by atoms with E-state index in [9.17, 15) is 0 Å². The second-order valence-corrected chi connectivity index (χ2v) is 3.33. The maximum Gasteiger partial charge on any atom is 0.162 e. The van der Waals surface area contributed by atoms with Gasteiger partial charge in [0.25, 0.3) is 0 Å². The highest BCUT2D eigenvalue weighted by molar-refractivity contribution is 6.30. The molecule has 1 aromatic carbocycles. The number of hydrogen-bond donors (Lipinski definition) is 0. The van der Waals surface area contributed by atoms with Gasteiger partial charge in [0.2, 0.25) is 0 Å². The Morgan fingerprint density at radius 1 is 1.36 bits per heavy atom. The van der Waals surface area contributed by atoms with Gasteiger partial charge in [-0.2, -0.15) is 0 Å². The fourth-order valence-electron chi connectivity index (χ4n) is 1.01. The molecule has 2 atom stereocenters. The lowest BCUT2D eigenvalue weighted by atomic mass is 10.2. The summed E-state index contributed by atoms with van der Waals surface area (Å²) in [5.74, 6) is 0. The summed E-state index contributed by atoms with van der Waals surface area (Å²) in [5, 5.41) is 0.724. The minimum atomic E-state index is -0.159. The molecule has 1 fully saturated rings. The van der Waals surface area contributed by atoms with Crippen molar-refractivity contribution < 1.29 is 4.74 Å². The summed E-state index contributed by atoms with van der Waals surface area (Å²) >= 11 is 11.4. The minimum Gasteiger partial charge on any atom is -0.347 e. The van der Waals surface area contributed by atoms with Crippen molar-refractivity contribution in [2.45, 2.75) is 11.7 Å². The lowest BCUT2D eigenvalue weighted by Crippen LogP contribution is -1.80. The Morgan fingerprint density at radius 2 is 2.09 bits per heavy atom. The number of ether oxygens (including phenoxy) is 1. The molecule has 0 amide bonds. The van der Waals surface area contributed by atoms with E-state index in [0.29, 0.717) is 0 Å². The van der Waals surface area contributed by atoms with Gasteiger partial charge in [-0.05, 0) is 17.7 Å². The molecule has 1 heterocycles. The van der Waals surface area contributed by atoms with Crippen LogP contribution in [0.3, 0.4) is 0 Å². The molecule has 0 spiro atoms. The Labute approximate surface area is 74.9 Å². The highest BCUT2D eigenvalue weighted by atomic mass is 35.5. The van der Waals surface area contributed by atoms with Gasteiger partial charge in [-0.15, -0.1) is 0 Å². The summed E-state index contributed by atoms with van der Waals surface area (Å²) in [6.07, 6.45) is 0.0513. The predicted molar refractivity (Wildman–Crippen MR) is 44.9 cm³/mol. The molecule has 0 radical (unpaired) electrons. The third-order valence-electron chi connectivity index (χ3n) is 1.62. The average Bonchev–Trinajstić information content (AvgIpc) is 2.67. The Bertz CT molecular complexity index is 275. The molecular formula is C8H6Cl2O. The second kappa shape index (κ2) is 2.67. The smallest absolute Gasteiger partial charge is 0.162 e. The van der Waals surface area contributed by atoms with Gasteiger partial charge >= 0.3 is 0 Å². The van der Waals surface area contributed by atoms with E-state index in [-0.39, 0.29) is 11.7 Å². The Balaban J connectivity index is 2.25. The first-order valence-electron chi connectivity index (χ1n) is 3.32. The van der Waals surface area contributed by atoms with Gasteiger partial charge < -0.3 is 4.74 Å². The van der Waals surface area contributed by atoms with Gasteiger partial charge in [0.15, 0.2) is 5.56 Å². The molecule has 3 heteroatoms. The molecule has 1 saturated heterocycles. The molecular weight excluding hydrogens is 183 g/mol. The monoisotopic (exact) mass is 188 g/mol. The predicted octanol–water partition coefficient (Wildman–Crippen LogP) is 2.98. The number of alkyl halides is 1. The molecule has 2 unspecified atom stereocenters. The summed E-state index contributed by atoms with van der Waals surface area (Å²) < 4.78 is 5.06. The van der Waals surface area contributed by atoms with Gasteiger partial charge in [-0.1, -0.05) is 35.3 Å². The number of halogens is 2. The number of epoxide rings is 1. The van der Waals surface area contributed by atoms with Crippen LogP contribution in [0.25, 0.3) is 0 Å². The van der Waals surface area contributed by atoms with Crippen LogP contribution in [-0.2, 0) is 4.74 Å². The normalized spacial score (nSPS) is 28.5. The molecule has 0 aliphatic carbocycles. The Hall–Kier alpha value is -0.240. The van der Waals surface area contributed by atoms with Gasteiger partial charge in [-0.25, -0.2) is 0 Å². The van der Waals surface area contributed by atoms with Crippen molar-refractivity contribution in [3.05, 3.63) is 34.9 Å². The van der Waals surface area contributed by atoms with E-state index in [1.165, 1.54) is 0 Å². The molecule has 11 heavy (non-hydrogen) atoms. The zero-order valence-corrected chi connectivity index (χ0v) is 7.14. The molecule has 0 bridgehead atoms. The maximum atomic E-state index is 5.77. The fraction of sp³-hybridized carbons (Fsp3) is 0.250. The largest absolute Gasteiger partial charge is 0.347 e. The van der Waals surface area contributed by atoms with Crippen LogP contribution in [0, 0.1) is 0 Å². The van der Waals surface area contributed by atoms with Crippen LogP contribution in [0.5, 0.6) is 0 Å². The van der Waals surface area contributed by atoms with Gasteiger partial charge in [0.05, 0.1) is 0 Å². The van der Waals surface area contributed by atoms with E-state index < -0.39 is 0 Å². The molecule has 0 aromatic heterocycles. The second-order valence-electron chi connectivity index (χ2n) is 2.46. The molecule has 1 nitrogen and oxygen atoms in total. The molecule has 2 rings (SSSR count). The number of hydrogen-bond acceptors (Lipinski definition) is 1. The Morgan fingerprint density at radius 3 is 2.64 bits per heavy atom. The van der Waals surface area contributed by atoms with Crippen molar-refractivity contribution in [1.29, 1.82) is 0 Å². The molecule has 58 valence electrons.